The lowest BCUT2D eigenvalue weighted by Gasteiger charge is -1.57. The first kappa shape index (κ1) is 8.35. The lowest BCUT2D eigenvalue weighted by molar-refractivity contribution is 0.774. The van der Waals surface area contributed by atoms with E-state index < -0.39 is 0 Å². The summed E-state index contributed by atoms with van der Waals surface area (Å²) in [5.41, 5.74) is 0. The van der Waals surface area contributed by atoms with E-state index in [2.05, 4.69) is 23.7 Å². The van der Waals surface area contributed by atoms with Crippen LogP contribution >= 0.6 is 0 Å². The second-order valence-corrected chi connectivity index (χ2v) is 1.24. The van der Waals surface area contributed by atoms with Crippen LogP contribution in [0, 0.1) is 35.8 Å². The summed E-state index contributed by atoms with van der Waals surface area (Å²) in [5, 5.41) is 0. The molecule has 10 heavy (non-hydrogen) atoms. The Morgan fingerprint density at radius 2 is 1.80 bits per heavy atom. The van der Waals surface area contributed by atoms with Crippen LogP contribution in [0.5, 0.6) is 0 Å². The third-order valence-corrected chi connectivity index (χ3v) is 0.557. The van der Waals surface area contributed by atoms with Gasteiger partial charge in [-0.15, -0.1) is 4.39 Å². The van der Waals surface area contributed by atoms with Crippen LogP contribution in [-0.4, -0.2) is 0 Å². The first-order valence-corrected chi connectivity index (χ1v) is 2.64. The van der Waals surface area contributed by atoms with E-state index in [9.17, 15) is 4.39 Å². The highest BCUT2D eigenvalue weighted by Crippen LogP contribution is 1.63. The Labute approximate surface area is 60.1 Å². The van der Waals surface area contributed by atoms with Crippen LogP contribution in [-0.2, 0) is 0 Å². The summed E-state index contributed by atoms with van der Waals surface area (Å²) in [6.07, 6.45) is 4.59. The zero-order chi connectivity index (χ0) is 7.66. The second kappa shape index (κ2) is 7.35. The molecule has 0 aliphatic heterocycles. The molecule has 0 bridgehead atoms. The molecule has 0 nitrogen and oxygen atoms in total. The van der Waals surface area contributed by atoms with Crippen LogP contribution in [0.1, 0.15) is 6.92 Å². The molecule has 0 amide bonds. The number of halogens is 1. The molecule has 0 aromatic rings. The van der Waals surface area contributed by atoms with Gasteiger partial charge in [0.15, 0.2) is 0 Å². The molecule has 0 atom stereocenters. The molecule has 0 aromatic heterocycles. The normalized spacial score (nSPS) is 6.20. The Kier molecular flexibility index (Phi) is 6.14. The fourth-order valence-corrected chi connectivity index (χ4v) is 0.247. The van der Waals surface area contributed by atoms with Gasteiger partial charge < -0.3 is 0 Å². The van der Waals surface area contributed by atoms with Crippen molar-refractivity contribution in [3.63, 3.8) is 0 Å². The van der Waals surface area contributed by atoms with E-state index in [1.54, 1.807) is 12.2 Å². The van der Waals surface area contributed by atoms with Crippen molar-refractivity contribution in [3.05, 3.63) is 12.2 Å². The summed E-state index contributed by atoms with van der Waals surface area (Å²) in [6.45, 7) is 1.85. The van der Waals surface area contributed by atoms with Crippen LogP contribution < -0.4 is 0 Å². The van der Waals surface area contributed by atoms with E-state index >= 15 is 0 Å². The van der Waals surface area contributed by atoms with E-state index in [4.69, 9.17) is 0 Å². The standard InChI is InChI=1S/C9H5F/c1-2-3-4-5-6-7-8-9-10/h2-3H,1H3/b3-2-. The molecule has 0 N–H and O–H groups in total. The number of rotatable bonds is 0. The van der Waals surface area contributed by atoms with Crippen LogP contribution in [0.4, 0.5) is 4.39 Å². The minimum absolute atomic E-state index is 1.15. The van der Waals surface area contributed by atoms with Gasteiger partial charge in [-0.25, -0.2) is 0 Å². The summed E-state index contributed by atoms with van der Waals surface area (Å²) in [6, 6.07) is 0. The molecule has 1 heteroatoms. The van der Waals surface area contributed by atoms with Crippen molar-refractivity contribution in [2.24, 2.45) is 0 Å². The summed E-state index contributed by atoms with van der Waals surface area (Å²) in [7, 11) is 0. The van der Waals surface area contributed by atoms with Crippen LogP contribution in [0.15, 0.2) is 12.2 Å². The molecule has 0 rings (SSSR count). The van der Waals surface area contributed by atoms with Crippen molar-refractivity contribution in [2.75, 3.05) is 0 Å². The van der Waals surface area contributed by atoms with Gasteiger partial charge in [0.1, 0.15) is 6.17 Å². The fourth-order valence-electron chi connectivity index (χ4n) is 0.247. The van der Waals surface area contributed by atoms with E-state index in [1.807, 2.05) is 12.8 Å². The van der Waals surface area contributed by atoms with Gasteiger partial charge in [-0.3, -0.25) is 0 Å². The Bertz CT molecular complexity index is 278. The largest absolute Gasteiger partial charge is 0.143 e. The first-order valence-electron chi connectivity index (χ1n) is 2.64. The predicted molar refractivity (Wildman–Crippen MR) is 39.2 cm³/mol. The molecule has 0 unspecified atom stereocenters. The summed E-state index contributed by atoms with van der Waals surface area (Å²) >= 11 is 0. The molecule has 0 aliphatic rings. The van der Waals surface area contributed by atoms with Crippen LogP contribution in [0.25, 0.3) is 0 Å². The predicted octanol–water partition coefficient (Wildman–Crippen LogP) is 1.50. The van der Waals surface area contributed by atoms with Crippen molar-refractivity contribution in [1.29, 1.82) is 0 Å². The number of hydrogen-bond acceptors (Lipinski definition) is 0. The molecule has 0 spiro atoms. The molecule has 0 heterocycles. The van der Waals surface area contributed by atoms with Gasteiger partial charge >= 0.3 is 0 Å². The molecule has 0 saturated carbocycles. The Hall–Kier alpha value is -1.65. The van der Waals surface area contributed by atoms with Crippen molar-refractivity contribution in [1.82, 2.24) is 0 Å². The molecule has 0 aromatic carbocycles. The van der Waals surface area contributed by atoms with Gasteiger partial charge in [-0.1, -0.05) is 12.0 Å². The summed E-state index contributed by atoms with van der Waals surface area (Å²) < 4.78 is 11.0. The Balaban J connectivity index is 3.86. The van der Waals surface area contributed by atoms with E-state index in [1.165, 1.54) is 0 Å². The van der Waals surface area contributed by atoms with E-state index in [0.29, 0.717) is 0 Å². The minimum atomic E-state index is 1.15. The molecule has 0 saturated heterocycles. The molecule has 0 radical (unpaired) electrons. The van der Waals surface area contributed by atoms with E-state index in [0.717, 1.165) is 6.17 Å². The lowest BCUT2D eigenvalue weighted by atomic mass is 10.5. The smallest absolute Gasteiger partial charge is 0.119 e. The van der Waals surface area contributed by atoms with Crippen molar-refractivity contribution in [3.8, 4) is 35.8 Å². The molecule has 0 aliphatic carbocycles. The quantitative estimate of drug-likeness (QED) is 0.438. The van der Waals surface area contributed by atoms with Gasteiger partial charge in [-0.2, -0.15) is 0 Å². The van der Waals surface area contributed by atoms with Gasteiger partial charge in [0.25, 0.3) is 0 Å². The first-order chi connectivity index (χ1) is 4.91. The highest BCUT2D eigenvalue weighted by atomic mass is 19.1. The van der Waals surface area contributed by atoms with Gasteiger partial charge in [0.2, 0.25) is 0 Å². The maximum absolute atomic E-state index is 11.0. The zero-order valence-corrected chi connectivity index (χ0v) is 5.53. The highest BCUT2D eigenvalue weighted by Gasteiger charge is 1.54. The van der Waals surface area contributed by atoms with Crippen LogP contribution in [0.2, 0.25) is 0 Å². The van der Waals surface area contributed by atoms with Gasteiger partial charge in [0, 0.05) is 11.8 Å². The fraction of sp³-hybridized carbons (Fsp3) is 0.111. The minimum Gasteiger partial charge on any atom is -0.143 e. The van der Waals surface area contributed by atoms with Crippen molar-refractivity contribution in [2.45, 2.75) is 6.92 Å². The molecular weight excluding hydrogens is 127 g/mol. The maximum atomic E-state index is 11.0. The van der Waals surface area contributed by atoms with Crippen molar-refractivity contribution >= 4 is 0 Å². The highest BCUT2D eigenvalue weighted by molar-refractivity contribution is 5.36. The third-order valence-electron chi connectivity index (χ3n) is 0.557. The average molecular weight is 132 g/mol. The van der Waals surface area contributed by atoms with Crippen LogP contribution in [0.3, 0.4) is 0 Å². The van der Waals surface area contributed by atoms with Crippen molar-refractivity contribution < 1.29 is 4.39 Å². The summed E-state index contributed by atoms with van der Waals surface area (Å²) in [5.74, 6) is 11.5. The summed E-state index contributed by atoms with van der Waals surface area (Å²) in [4.78, 5) is 0. The molecular formula is C9H5F. The third kappa shape index (κ3) is 6.35. The second-order valence-electron chi connectivity index (χ2n) is 1.24. The topological polar surface area (TPSA) is 0 Å². The molecule has 0 fully saturated rings. The van der Waals surface area contributed by atoms with Gasteiger partial charge in [0.05, 0.1) is 0 Å². The lowest BCUT2D eigenvalue weighted by Crippen LogP contribution is -1.50. The Morgan fingerprint density at radius 1 is 1.10 bits per heavy atom. The molecule has 48 valence electrons. The number of allylic oxidation sites excluding steroid dienone is 2. The van der Waals surface area contributed by atoms with E-state index in [-0.39, 0.29) is 0 Å². The maximum Gasteiger partial charge on any atom is 0.119 e. The monoisotopic (exact) mass is 132 g/mol. The number of hydrogen-bond donors (Lipinski definition) is 0. The zero-order valence-electron chi connectivity index (χ0n) is 5.53. The van der Waals surface area contributed by atoms with Gasteiger partial charge in [-0.05, 0) is 24.8 Å². The Morgan fingerprint density at radius 3 is 2.40 bits per heavy atom. The SMILES string of the molecule is C/C=C\C#CC#CC#CF. The average Bonchev–Trinajstić information content (AvgIpc) is 1.97.